The Kier molecular flexibility index (Phi) is 2.00. The summed E-state index contributed by atoms with van der Waals surface area (Å²) in [7, 11) is 0. The lowest BCUT2D eigenvalue weighted by Crippen LogP contribution is -2.11. The number of aryl methyl sites for hydroxylation is 1. The van der Waals surface area contributed by atoms with E-state index in [0.717, 1.165) is 16.6 Å². The molecule has 80 valence electrons. The summed E-state index contributed by atoms with van der Waals surface area (Å²) in [5.74, 6) is 0.712. The number of nitrogens with one attached hydrogen (secondary N) is 1. The van der Waals surface area contributed by atoms with E-state index in [9.17, 15) is 0 Å². The predicted molar refractivity (Wildman–Crippen MR) is 63.9 cm³/mol. The highest BCUT2D eigenvalue weighted by Crippen LogP contribution is 2.27. The highest BCUT2D eigenvalue weighted by molar-refractivity contribution is 5.85. The molecule has 0 atom stereocenters. The molecule has 0 aliphatic carbocycles. The Morgan fingerprint density at radius 1 is 1.33 bits per heavy atom. The van der Waals surface area contributed by atoms with Crippen LogP contribution < -0.4 is 5.73 Å². The average molecular weight is 203 g/mol. The van der Waals surface area contributed by atoms with Crippen molar-refractivity contribution in [1.82, 2.24) is 9.97 Å². The Balaban J connectivity index is 2.70. The molecule has 0 aliphatic rings. The van der Waals surface area contributed by atoms with Crippen LogP contribution in [-0.4, -0.2) is 9.97 Å². The van der Waals surface area contributed by atoms with Crippen molar-refractivity contribution in [2.75, 3.05) is 5.73 Å². The van der Waals surface area contributed by atoms with Crippen LogP contribution in [0.15, 0.2) is 12.3 Å². The molecule has 0 spiro atoms. The number of hydrogen-bond acceptors (Lipinski definition) is 2. The first-order valence-electron chi connectivity index (χ1n) is 5.14. The number of aromatic amines is 1. The van der Waals surface area contributed by atoms with E-state index in [0.29, 0.717) is 5.82 Å². The summed E-state index contributed by atoms with van der Waals surface area (Å²) in [6.45, 7) is 8.56. The monoisotopic (exact) mass is 203 g/mol. The summed E-state index contributed by atoms with van der Waals surface area (Å²) in [5.41, 5.74) is 9.13. The summed E-state index contributed by atoms with van der Waals surface area (Å²) in [6.07, 6.45) is 1.91. The lowest BCUT2D eigenvalue weighted by atomic mass is 9.88. The van der Waals surface area contributed by atoms with Gasteiger partial charge in [0, 0.05) is 17.1 Å². The van der Waals surface area contributed by atoms with Crippen LogP contribution in [0.3, 0.4) is 0 Å². The second kappa shape index (κ2) is 2.99. The van der Waals surface area contributed by atoms with E-state index in [1.54, 1.807) is 0 Å². The molecule has 0 aliphatic heterocycles. The van der Waals surface area contributed by atoms with Gasteiger partial charge in [0.15, 0.2) is 0 Å². The van der Waals surface area contributed by atoms with Crippen LogP contribution in [0.4, 0.5) is 5.82 Å². The molecule has 3 nitrogen and oxygen atoms in total. The van der Waals surface area contributed by atoms with Gasteiger partial charge < -0.3 is 10.7 Å². The number of fused-ring (bicyclic) bond motifs is 1. The molecule has 3 N–H and O–H groups in total. The molecule has 3 heteroatoms. The van der Waals surface area contributed by atoms with Crippen LogP contribution in [0.25, 0.3) is 11.0 Å². The largest absolute Gasteiger partial charge is 0.385 e. The summed E-state index contributed by atoms with van der Waals surface area (Å²) in [5, 5.41) is 1.12. The molecular weight excluding hydrogens is 186 g/mol. The molecule has 0 saturated heterocycles. The third-order valence-electron chi connectivity index (χ3n) is 2.81. The highest BCUT2D eigenvalue weighted by atomic mass is 14.9. The van der Waals surface area contributed by atoms with Crippen molar-refractivity contribution in [2.45, 2.75) is 33.1 Å². The third-order valence-corrected chi connectivity index (χ3v) is 2.81. The number of nitrogen functional groups attached to an aromatic ring is 1. The number of H-pyrrole nitrogens is 1. The fourth-order valence-electron chi connectivity index (χ4n) is 1.63. The van der Waals surface area contributed by atoms with E-state index in [4.69, 9.17) is 5.73 Å². The van der Waals surface area contributed by atoms with Gasteiger partial charge in [-0.25, -0.2) is 4.98 Å². The smallest absolute Gasteiger partial charge is 0.139 e. The van der Waals surface area contributed by atoms with Crippen molar-refractivity contribution in [3.63, 3.8) is 0 Å². The quantitative estimate of drug-likeness (QED) is 0.691. The first-order chi connectivity index (χ1) is 6.89. The molecule has 0 saturated carbocycles. The van der Waals surface area contributed by atoms with Gasteiger partial charge in [-0.2, -0.15) is 0 Å². The minimum Gasteiger partial charge on any atom is -0.385 e. The van der Waals surface area contributed by atoms with Crippen LogP contribution in [-0.2, 0) is 5.41 Å². The normalized spacial score (nSPS) is 12.3. The van der Waals surface area contributed by atoms with Crippen molar-refractivity contribution in [3.05, 3.63) is 23.4 Å². The van der Waals surface area contributed by atoms with E-state index in [-0.39, 0.29) is 5.41 Å². The van der Waals surface area contributed by atoms with Gasteiger partial charge in [0.1, 0.15) is 11.5 Å². The summed E-state index contributed by atoms with van der Waals surface area (Å²) < 4.78 is 0. The number of nitrogens with two attached hydrogens (primary N) is 1. The van der Waals surface area contributed by atoms with Gasteiger partial charge in [0.05, 0.1) is 0 Å². The van der Waals surface area contributed by atoms with Gasteiger partial charge in [-0.05, 0) is 24.0 Å². The van der Waals surface area contributed by atoms with Crippen molar-refractivity contribution >= 4 is 16.9 Å². The van der Waals surface area contributed by atoms with Crippen LogP contribution in [0.2, 0.25) is 0 Å². The number of aromatic nitrogens is 2. The number of anilines is 1. The summed E-state index contributed by atoms with van der Waals surface area (Å²) >= 11 is 0. The summed E-state index contributed by atoms with van der Waals surface area (Å²) in [6, 6.07) is 2.17. The zero-order valence-corrected chi connectivity index (χ0v) is 9.68. The maximum absolute atomic E-state index is 5.82. The maximum Gasteiger partial charge on any atom is 0.139 e. The van der Waals surface area contributed by atoms with Gasteiger partial charge in [0.2, 0.25) is 0 Å². The van der Waals surface area contributed by atoms with Gasteiger partial charge in [-0.1, -0.05) is 20.8 Å². The standard InChI is InChI=1S/C12H17N3/c1-7-9-5-8(12(2,3)4)6-14-11(9)15-10(7)13/h5-6H,13H2,1-4H3,(H,14,15). The molecule has 0 radical (unpaired) electrons. The zero-order valence-electron chi connectivity index (χ0n) is 9.68. The first-order valence-corrected chi connectivity index (χ1v) is 5.14. The Morgan fingerprint density at radius 2 is 2.00 bits per heavy atom. The zero-order chi connectivity index (χ0) is 11.2. The number of nitrogens with zero attached hydrogens (tertiary/aromatic N) is 1. The molecule has 2 aromatic heterocycles. The molecule has 2 aromatic rings. The molecule has 0 bridgehead atoms. The van der Waals surface area contributed by atoms with Gasteiger partial charge in [-0.15, -0.1) is 0 Å². The van der Waals surface area contributed by atoms with Gasteiger partial charge in [0.25, 0.3) is 0 Å². The minimum atomic E-state index is 0.125. The van der Waals surface area contributed by atoms with Crippen molar-refractivity contribution in [3.8, 4) is 0 Å². The number of hydrogen-bond donors (Lipinski definition) is 2. The van der Waals surface area contributed by atoms with Crippen LogP contribution in [0, 0.1) is 6.92 Å². The van der Waals surface area contributed by atoms with Crippen LogP contribution in [0.5, 0.6) is 0 Å². The topological polar surface area (TPSA) is 54.7 Å². The average Bonchev–Trinajstić information content (AvgIpc) is 2.41. The second-order valence-electron chi connectivity index (χ2n) is 5.03. The summed E-state index contributed by atoms with van der Waals surface area (Å²) in [4.78, 5) is 7.47. The highest BCUT2D eigenvalue weighted by Gasteiger charge is 2.16. The second-order valence-corrected chi connectivity index (χ2v) is 5.03. The Hall–Kier alpha value is -1.51. The van der Waals surface area contributed by atoms with Gasteiger partial charge in [-0.3, -0.25) is 0 Å². The molecule has 15 heavy (non-hydrogen) atoms. The fraction of sp³-hybridized carbons (Fsp3) is 0.417. The molecule has 0 aromatic carbocycles. The fourth-order valence-corrected chi connectivity index (χ4v) is 1.63. The van der Waals surface area contributed by atoms with Crippen molar-refractivity contribution in [1.29, 1.82) is 0 Å². The van der Waals surface area contributed by atoms with E-state index < -0.39 is 0 Å². The van der Waals surface area contributed by atoms with Crippen LogP contribution in [0.1, 0.15) is 31.9 Å². The maximum atomic E-state index is 5.82. The first kappa shape index (κ1) is 10.0. The predicted octanol–water partition coefficient (Wildman–Crippen LogP) is 2.75. The van der Waals surface area contributed by atoms with E-state index >= 15 is 0 Å². The molecule has 2 rings (SSSR count). The molecule has 0 unspecified atom stereocenters. The third kappa shape index (κ3) is 1.58. The number of pyridine rings is 1. The van der Waals surface area contributed by atoms with Crippen molar-refractivity contribution in [2.24, 2.45) is 0 Å². The van der Waals surface area contributed by atoms with E-state index in [2.05, 4.69) is 36.8 Å². The molecule has 0 fully saturated rings. The van der Waals surface area contributed by atoms with Crippen LogP contribution >= 0.6 is 0 Å². The Bertz CT molecular complexity index is 503. The van der Waals surface area contributed by atoms with Crippen molar-refractivity contribution < 1.29 is 0 Å². The number of rotatable bonds is 0. The lowest BCUT2D eigenvalue weighted by molar-refractivity contribution is 0.588. The van der Waals surface area contributed by atoms with E-state index in [1.165, 1.54) is 5.56 Å². The van der Waals surface area contributed by atoms with Gasteiger partial charge >= 0.3 is 0 Å². The molecular formula is C12H17N3. The SMILES string of the molecule is Cc1c(N)[nH]c2ncc(C(C)(C)C)cc12. The lowest BCUT2D eigenvalue weighted by Gasteiger charge is -2.18. The van der Waals surface area contributed by atoms with E-state index in [1.807, 2.05) is 13.1 Å². The molecule has 0 amide bonds. The Labute approximate surface area is 89.7 Å². The molecule has 2 heterocycles. The Morgan fingerprint density at radius 3 is 2.60 bits per heavy atom. The minimum absolute atomic E-state index is 0.125.